The molecule has 4 saturated heterocycles. The molecule has 0 saturated carbocycles. The zero-order chi connectivity index (χ0) is 16.4. The fourth-order valence-corrected chi connectivity index (χ4v) is 4.18. The van der Waals surface area contributed by atoms with Gasteiger partial charge in [0.1, 0.15) is 18.0 Å². The van der Waals surface area contributed by atoms with Gasteiger partial charge in [-0.3, -0.25) is 9.80 Å². The van der Waals surface area contributed by atoms with E-state index in [2.05, 4.69) is 36.1 Å². The van der Waals surface area contributed by atoms with E-state index in [0.29, 0.717) is 12.0 Å². The normalized spacial score (nSPS) is 32.8. The minimum atomic E-state index is 0.265. The zero-order valence-electron chi connectivity index (χ0n) is 14.3. The number of piperidine rings is 1. The van der Waals surface area contributed by atoms with E-state index < -0.39 is 0 Å². The van der Waals surface area contributed by atoms with Gasteiger partial charge in [0.2, 0.25) is 0 Å². The molecular weight excluding hydrogens is 304 g/mol. The number of aliphatic hydroxyl groups is 1. The quantitative estimate of drug-likeness (QED) is 0.792. The van der Waals surface area contributed by atoms with Crippen molar-refractivity contribution in [1.29, 1.82) is 0 Å². The number of hydrogen-bond donors (Lipinski definition) is 2. The second kappa shape index (κ2) is 7.21. The molecule has 7 nitrogen and oxygen atoms in total. The number of hydrogen-bond acceptors (Lipinski definition) is 7. The lowest BCUT2D eigenvalue weighted by molar-refractivity contribution is 0.0189. The van der Waals surface area contributed by atoms with Gasteiger partial charge in [0, 0.05) is 71.1 Å². The Balaban J connectivity index is 1.36. The number of aliphatic hydroxyl groups excluding tert-OH is 1. The van der Waals surface area contributed by atoms with Crippen molar-refractivity contribution in [3.63, 3.8) is 0 Å². The third kappa shape index (κ3) is 3.48. The second-order valence-corrected chi connectivity index (χ2v) is 7.27. The van der Waals surface area contributed by atoms with Gasteiger partial charge in [-0.25, -0.2) is 9.97 Å². The molecule has 132 valence electrons. The third-order valence-corrected chi connectivity index (χ3v) is 5.66. The Labute approximate surface area is 143 Å². The first-order valence-electron chi connectivity index (χ1n) is 9.20. The van der Waals surface area contributed by atoms with Gasteiger partial charge in [0.05, 0.1) is 0 Å². The number of nitrogens with zero attached hydrogens (tertiary/aromatic N) is 5. The molecule has 1 aromatic rings. The average molecular weight is 332 g/mol. The summed E-state index contributed by atoms with van der Waals surface area (Å²) in [6.45, 7) is 9.08. The molecule has 2 atom stereocenters. The van der Waals surface area contributed by atoms with Crippen molar-refractivity contribution < 1.29 is 5.11 Å². The first kappa shape index (κ1) is 16.1. The molecule has 4 fully saturated rings. The van der Waals surface area contributed by atoms with Gasteiger partial charge < -0.3 is 15.3 Å². The number of aromatic nitrogens is 2. The van der Waals surface area contributed by atoms with Crippen LogP contribution in [0.5, 0.6) is 0 Å². The summed E-state index contributed by atoms with van der Waals surface area (Å²) in [4.78, 5) is 16.2. The fraction of sp³-hybridized carbons (Fsp3) is 0.765. The van der Waals surface area contributed by atoms with Crippen molar-refractivity contribution >= 4 is 11.6 Å². The van der Waals surface area contributed by atoms with E-state index in [-0.39, 0.29) is 6.61 Å². The minimum absolute atomic E-state index is 0.265. The molecule has 1 aromatic heterocycles. The number of anilines is 2. The summed E-state index contributed by atoms with van der Waals surface area (Å²) in [5.74, 6) is 2.24. The van der Waals surface area contributed by atoms with Crippen molar-refractivity contribution in [2.24, 2.45) is 5.92 Å². The Morgan fingerprint density at radius 2 is 2.00 bits per heavy atom. The van der Waals surface area contributed by atoms with Crippen molar-refractivity contribution in [3.8, 4) is 0 Å². The van der Waals surface area contributed by atoms with Crippen LogP contribution in [0.3, 0.4) is 0 Å². The van der Waals surface area contributed by atoms with Crippen LogP contribution in [0.1, 0.15) is 12.8 Å². The van der Waals surface area contributed by atoms with Gasteiger partial charge in [-0.2, -0.15) is 0 Å². The smallest absolute Gasteiger partial charge is 0.134 e. The Hall–Kier alpha value is -1.44. The fourth-order valence-electron chi connectivity index (χ4n) is 4.18. The van der Waals surface area contributed by atoms with E-state index in [1.807, 2.05) is 0 Å². The molecule has 24 heavy (non-hydrogen) atoms. The molecule has 2 N–H and O–H groups in total. The van der Waals surface area contributed by atoms with Gasteiger partial charge in [-0.1, -0.05) is 0 Å². The predicted molar refractivity (Wildman–Crippen MR) is 94.3 cm³/mol. The summed E-state index contributed by atoms with van der Waals surface area (Å²) in [5.41, 5.74) is 0. The predicted octanol–water partition coefficient (Wildman–Crippen LogP) is 0.0970. The molecule has 5 rings (SSSR count). The molecule has 4 aliphatic heterocycles. The second-order valence-electron chi connectivity index (χ2n) is 7.27. The number of rotatable bonds is 5. The minimum Gasteiger partial charge on any atom is -0.396 e. The molecule has 0 aromatic carbocycles. The van der Waals surface area contributed by atoms with E-state index in [4.69, 9.17) is 0 Å². The molecule has 0 aliphatic carbocycles. The number of piperazine rings is 3. The van der Waals surface area contributed by atoms with Crippen LogP contribution in [0.2, 0.25) is 0 Å². The van der Waals surface area contributed by atoms with E-state index in [1.165, 1.54) is 26.2 Å². The molecule has 2 bridgehead atoms. The SMILES string of the molecule is OCC1CCCN(c2cc(NCC3CN4CCN3CC4)ncn2)C1. The molecule has 4 aliphatic rings. The van der Waals surface area contributed by atoms with Crippen molar-refractivity contribution in [2.75, 3.05) is 69.2 Å². The van der Waals surface area contributed by atoms with Gasteiger partial charge in [0.15, 0.2) is 0 Å². The van der Waals surface area contributed by atoms with Crippen LogP contribution in [-0.4, -0.2) is 89.9 Å². The van der Waals surface area contributed by atoms with Crippen LogP contribution in [0.4, 0.5) is 11.6 Å². The molecule has 5 heterocycles. The average Bonchev–Trinajstić information content (AvgIpc) is 2.67. The first-order chi connectivity index (χ1) is 11.8. The number of fused-ring (bicyclic) bond motifs is 3. The van der Waals surface area contributed by atoms with Crippen molar-refractivity contribution in [3.05, 3.63) is 12.4 Å². The van der Waals surface area contributed by atoms with Gasteiger partial charge >= 0.3 is 0 Å². The maximum Gasteiger partial charge on any atom is 0.134 e. The number of nitrogens with one attached hydrogen (secondary N) is 1. The topological polar surface area (TPSA) is 67.8 Å². The lowest BCUT2D eigenvalue weighted by Crippen LogP contribution is -2.62. The van der Waals surface area contributed by atoms with Crippen LogP contribution in [0, 0.1) is 5.92 Å². The Morgan fingerprint density at radius 3 is 2.75 bits per heavy atom. The summed E-state index contributed by atoms with van der Waals surface area (Å²) in [5, 5.41) is 12.9. The van der Waals surface area contributed by atoms with Crippen LogP contribution in [0.25, 0.3) is 0 Å². The maximum atomic E-state index is 9.41. The maximum absolute atomic E-state index is 9.41. The van der Waals surface area contributed by atoms with E-state index in [0.717, 1.165) is 50.7 Å². The summed E-state index contributed by atoms with van der Waals surface area (Å²) in [6.07, 6.45) is 3.87. The molecule has 7 heteroatoms. The Morgan fingerprint density at radius 1 is 1.12 bits per heavy atom. The monoisotopic (exact) mass is 332 g/mol. The Bertz CT molecular complexity index is 548. The van der Waals surface area contributed by atoms with E-state index in [9.17, 15) is 5.11 Å². The van der Waals surface area contributed by atoms with E-state index in [1.54, 1.807) is 6.33 Å². The third-order valence-electron chi connectivity index (χ3n) is 5.66. The molecular formula is C17H28N6O. The van der Waals surface area contributed by atoms with Crippen molar-refractivity contribution in [1.82, 2.24) is 19.8 Å². The van der Waals surface area contributed by atoms with Gasteiger partial charge in [0.25, 0.3) is 0 Å². The van der Waals surface area contributed by atoms with Crippen LogP contribution in [-0.2, 0) is 0 Å². The molecule has 0 spiro atoms. The highest BCUT2D eigenvalue weighted by atomic mass is 16.3. The molecule has 0 amide bonds. The summed E-state index contributed by atoms with van der Waals surface area (Å²) in [7, 11) is 0. The Kier molecular flexibility index (Phi) is 4.82. The van der Waals surface area contributed by atoms with E-state index >= 15 is 0 Å². The standard InChI is InChI=1S/C17H28N6O/c24-12-14-2-1-3-23(10-14)17-8-16(19-13-20-17)18-9-15-11-21-4-6-22(15)7-5-21/h8,13-15,24H,1-7,9-12H2,(H,18,19,20). The van der Waals surface area contributed by atoms with Crippen molar-refractivity contribution in [2.45, 2.75) is 18.9 Å². The first-order valence-corrected chi connectivity index (χ1v) is 9.20. The summed E-state index contributed by atoms with van der Waals surface area (Å²) >= 11 is 0. The molecule has 0 radical (unpaired) electrons. The summed E-state index contributed by atoms with van der Waals surface area (Å²) < 4.78 is 0. The largest absolute Gasteiger partial charge is 0.396 e. The lowest BCUT2D eigenvalue weighted by Gasteiger charge is -2.47. The highest BCUT2D eigenvalue weighted by Crippen LogP contribution is 2.23. The van der Waals surface area contributed by atoms with Crippen LogP contribution >= 0.6 is 0 Å². The molecule has 2 unspecified atom stereocenters. The lowest BCUT2D eigenvalue weighted by atomic mass is 9.99. The summed E-state index contributed by atoms with van der Waals surface area (Å²) in [6, 6.07) is 2.64. The van der Waals surface area contributed by atoms with Crippen LogP contribution in [0.15, 0.2) is 12.4 Å². The highest BCUT2D eigenvalue weighted by molar-refractivity contribution is 5.48. The highest BCUT2D eigenvalue weighted by Gasteiger charge is 2.31. The van der Waals surface area contributed by atoms with Gasteiger partial charge in [-0.15, -0.1) is 0 Å². The zero-order valence-corrected chi connectivity index (χ0v) is 14.3. The van der Waals surface area contributed by atoms with Gasteiger partial charge in [-0.05, 0) is 18.8 Å². The van der Waals surface area contributed by atoms with Crippen LogP contribution < -0.4 is 10.2 Å².